The summed E-state index contributed by atoms with van der Waals surface area (Å²) in [5.74, 6) is 0.448. The normalized spacial score (nSPS) is 38.4. The van der Waals surface area contributed by atoms with E-state index in [0.717, 1.165) is 19.3 Å². The van der Waals surface area contributed by atoms with Crippen molar-refractivity contribution in [3.8, 4) is 6.07 Å². The number of Topliss-reactive ketones (excluding diaryl/α,β-unsaturated/α-hetero) is 1. The fraction of sp³-hybridized carbons (Fsp3) is 0.800. The van der Waals surface area contributed by atoms with Crippen molar-refractivity contribution in [2.45, 2.75) is 44.3 Å². The van der Waals surface area contributed by atoms with Crippen LogP contribution in [0.15, 0.2) is 0 Å². The third-order valence-electron chi connectivity index (χ3n) is 2.98. The van der Waals surface area contributed by atoms with Crippen molar-refractivity contribution in [3.63, 3.8) is 0 Å². The van der Waals surface area contributed by atoms with Gasteiger partial charge in [0.2, 0.25) is 0 Å². The lowest BCUT2D eigenvalue weighted by Gasteiger charge is -2.21. The molecule has 13 heavy (non-hydrogen) atoms. The molecular formula is C10H13NO2. The zero-order chi connectivity index (χ0) is 9.26. The number of ether oxygens (including phenoxy) is 1. The molecule has 0 amide bonds. The highest BCUT2D eigenvalue weighted by atomic mass is 16.5. The van der Waals surface area contributed by atoms with E-state index in [9.17, 15) is 4.79 Å². The van der Waals surface area contributed by atoms with Crippen molar-refractivity contribution in [1.82, 2.24) is 0 Å². The molecule has 1 aliphatic heterocycles. The standard InChI is InChI=1S/C10H13NO2/c11-5-4-7-6-8-9(12)2-1-3-10(8)13-7/h7-8,10H,1-4,6H2. The van der Waals surface area contributed by atoms with E-state index in [-0.39, 0.29) is 18.1 Å². The molecule has 3 nitrogen and oxygen atoms in total. The van der Waals surface area contributed by atoms with Gasteiger partial charge in [-0.25, -0.2) is 0 Å². The lowest BCUT2D eigenvalue weighted by Crippen LogP contribution is -2.28. The molecule has 3 unspecified atom stereocenters. The molecule has 0 aromatic heterocycles. The summed E-state index contributed by atoms with van der Waals surface area (Å²) in [5, 5.41) is 8.51. The Labute approximate surface area is 77.7 Å². The molecule has 2 fully saturated rings. The van der Waals surface area contributed by atoms with Crippen LogP contribution >= 0.6 is 0 Å². The Balaban J connectivity index is 2.00. The summed E-state index contributed by atoms with van der Waals surface area (Å²) >= 11 is 0. The van der Waals surface area contributed by atoms with Crippen LogP contribution in [0.5, 0.6) is 0 Å². The first-order chi connectivity index (χ1) is 6.31. The van der Waals surface area contributed by atoms with E-state index >= 15 is 0 Å². The van der Waals surface area contributed by atoms with Gasteiger partial charge in [-0.3, -0.25) is 4.79 Å². The average Bonchev–Trinajstić information content (AvgIpc) is 2.49. The third kappa shape index (κ3) is 1.59. The highest BCUT2D eigenvalue weighted by Crippen LogP contribution is 2.36. The highest BCUT2D eigenvalue weighted by molar-refractivity contribution is 5.82. The van der Waals surface area contributed by atoms with Gasteiger partial charge in [-0.1, -0.05) is 0 Å². The van der Waals surface area contributed by atoms with E-state index in [1.807, 2.05) is 0 Å². The summed E-state index contributed by atoms with van der Waals surface area (Å²) < 4.78 is 5.63. The molecule has 2 rings (SSSR count). The molecule has 1 heterocycles. The van der Waals surface area contributed by atoms with Gasteiger partial charge in [-0.15, -0.1) is 0 Å². The van der Waals surface area contributed by atoms with Crippen LogP contribution in [0.3, 0.4) is 0 Å². The van der Waals surface area contributed by atoms with Crippen LogP contribution in [0, 0.1) is 17.2 Å². The maximum atomic E-state index is 11.5. The second kappa shape index (κ2) is 3.47. The van der Waals surface area contributed by atoms with Crippen LogP contribution in [0.2, 0.25) is 0 Å². The van der Waals surface area contributed by atoms with Gasteiger partial charge < -0.3 is 4.74 Å². The monoisotopic (exact) mass is 179 g/mol. The smallest absolute Gasteiger partial charge is 0.138 e. The second-order valence-corrected chi connectivity index (χ2v) is 3.86. The van der Waals surface area contributed by atoms with Gasteiger partial charge in [0.05, 0.1) is 24.7 Å². The van der Waals surface area contributed by atoms with Gasteiger partial charge in [-0.05, 0) is 19.3 Å². The van der Waals surface area contributed by atoms with E-state index < -0.39 is 0 Å². The number of hydrogen-bond donors (Lipinski definition) is 0. The Kier molecular flexibility index (Phi) is 2.32. The Morgan fingerprint density at radius 3 is 3.15 bits per heavy atom. The molecule has 0 radical (unpaired) electrons. The minimum Gasteiger partial charge on any atom is -0.373 e. The van der Waals surface area contributed by atoms with Crippen molar-refractivity contribution in [2.24, 2.45) is 5.92 Å². The minimum absolute atomic E-state index is 0.0158. The molecule has 2 aliphatic rings. The number of carbonyl (C=O) groups excluding carboxylic acids is 1. The molecule has 1 saturated carbocycles. The van der Waals surface area contributed by atoms with Crippen LogP contribution < -0.4 is 0 Å². The van der Waals surface area contributed by atoms with Gasteiger partial charge in [0.15, 0.2) is 0 Å². The van der Waals surface area contributed by atoms with Gasteiger partial charge in [-0.2, -0.15) is 5.26 Å². The Morgan fingerprint density at radius 2 is 2.46 bits per heavy atom. The quantitative estimate of drug-likeness (QED) is 0.611. The number of fused-ring (bicyclic) bond motifs is 1. The molecule has 0 spiro atoms. The summed E-state index contributed by atoms with van der Waals surface area (Å²) in [6.45, 7) is 0. The van der Waals surface area contributed by atoms with E-state index in [2.05, 4.69) is 6.07 Å². The SMILES string of the molecule is N#CCC1CC2C(=O)CCCC2O1. The van der Waals surface area contributed by atoms with Crippen LogP contribution in [-0.4, -0.2) is 18.0 Å². The molecule has 1 aliphatic carbocycles. The van der Waals surface area contributed by atoms with Gasteiger partial charge in [0.25, 0.3) is 0 Å². The zero-order valence-corrected chi connectivity index (χ0v) is 7.53. The highest BCUT2D eigenvalue weighted by Gasteiger charge is 2.41. The second-order valence-electron chi connectivity index (χ2n) is 3.86. The number of carbonyl (C=O) groups is 1. The average molecular weight is 179 g/mol. The van der Waals surface area contributed by atoms with E-state index in [1.165, 1.54) is 0 Å². The van der Waals surface area contributed by atoms with Crippen molar-refractivity contribution >= 4 is 5.78 Å². The van der Waals surface area contributed by atoms with Crippen LogP contribution in [0.25, 0.3) is 0 Å². The molecule has 3 heteroatoms. The molecule has 0 bridgehead atoms. The maximum Gasteiger partial charge on any atom is 0.138 e. The molecule has 0 N–H and O–H groups in total. The number of hydrogen-bond acceptors (Lipinski definition) is 3. The van der Waals surface area contributed by atoms with E-state index in [1.54, 1.807) is 0 Å². The maximum absolute atomic E-state index is 11.5. The van der Waals surface area contributed by atoms with E-state index in [0.29, 0.717) is 18.6 Å². The number of ketones is 1. The van der Waals surface area contributed by atoms with Gasteiger partial charge in [0.1, 0.15) is 5.78 Å². The summed E-state index contributed by atoms with van der Waals surface area (Å²) in [5.41, 5.74) is 0. The number of nitrogens with zero attached hydrogens (tertiary/aromatic N) is 1. The van der Waals surface area contributed by atoms with Crippen molar-refractivity contribution < 1.29 is 9.53 Å². The Morgan fingerprint density at radius 1 is 1.62 bits per heavy atom. The summed E-state index contributed by atoms with van der Waals surface area (Å²) in [6.07, 6.45) is 4.01. The van der Waals surface area contributed by atoms with Crippen LogP contribution in [0.1, 0.15) is 32.1 Å². The first-order valence-corrected chi connectivity index (χ1v) is 4.86. The fourth-order valence-electron chi connectivity index (χ4n) is 2.34. The first-order valence-electron chi connectivity index (χ1n) is 4.86. The summed E-state index contributed by atoms with van der Waals surface area (Å²) in [6, 6.07) is 2.10. The summed E-state index contributed by atoms with van der Waals surface area (Å²) in [7, 11) is 0. The van der Waals surface area contributed by atoms with Crippen LogP contribution in [0.4, 0.5) is 0 Å². The fourth-order valence-corrected chi connectivity index (χ4v) is 2.34. The summed E-state index contributed by atoms with van der Waals surface area (Å²) in [4.78, 5) is 11.5. The number of nitriles is 1. The van der Waals surface area contributed by atoms with E-state index in [4.69, 9.17) is 10.00 Å². The molecule has 3 atom stereocenters. The largest absolute Gasteiger partial charge is 0.373 e. The van der Waals surface area contributed by atoms with Crippen molar-refractivity contribution in [1.29, 1.82) is 5.26 Å². The molecule has 0 aromatic rings. The van der Waals surface area contributed by atoms with Crippen molar-refractivity contribution in [3.05, 3.63) is 0 Å². The lowest BCUT2D eigenvalue weighted by atomic mass is 9.84. The lowest BCUT2D eigenvalue weighted by molar-refractivity contribution is -0.127. The number of rotatable bonds is 1. The first kappa shape index (κ1) is 8.71. The minimum atomic E-state index is 0.0158. The van der Waals surface area contributed by atoms with Gasteiger partial charge >= 0.3 is 0 Å². The molecule has 1 saturated heterocycles. The third-order valence-corrected chi connectivity index (χ3v) is 2.98. The molecule has 70 valence electrons. The zero-order valence-electron chi connectivity index (χ0n) is 7.53. The Bertz CT molecular complexity index is 256. The topological polar surface area (TPSA) is 50.1 Å². The van der Waals surface area contributed by atoms with Crippen LogP contribution in [-0.2, 0) is 9.53 Å². The predicted molar refractivity (Wildman–Crippen MR) is 45.9 cm³/mol. The molecule has 0 aromatic carbocycles. The Hall–Kier alpha value is -0.880. The van der Waals surface area contributed by atoms with Gasteiger partial charge in [0, 0.05) is 12.3 Å². The van der Waals surface area contributed by atoms with Crippen molar-refractivity contribution in [2.75, 3.05) is 0 Å². The molecular weight excluding hydrogens is 166 g/mol. The predicted octanol–water partition coefficient (Wildman–Crippen LogP) is 1.43.